The van der Waals surface area contributed by atoms with E-state index in [-0.39, 0.29) is 36.7 Å². The van der Waals surface area contributed by atoms with Gasteiger partial charge in [-0.1, -0.05) is 6.07 Å². The van der Waals surface area contributed by atoms with Gasteiger partial charge in [-0.3, -0.25) is 9.55 Å². The van der Waals surface area contributed by atoms with E-state index in [2.05, 4.69) is 14.7 Å². The molecule has 0 N–H and O–H groups in total. The minimum Gasteiger partial charge on any atom is -0.443 e. The van der Waals surface area contributed by atoms with Crippen LogP contribution in [0.15, 0.2) is 42.7 Å². The zero-order chi connectivity index (χ0) is 22.9. The first kappa shape index (κ1) is 21.5. The Morgan fingerprint density at radius 3 is 2.75 bits per heavy atom. The zero-order valence-electron chi connectivity index (χ0n) is 16.1. The molecular weight excluding hydrogens is 440 g/mol. The molecule has 1 aliphatic rings. The fraction of sp³-hybridized carbons (Fsp3) is 0.263. The first-order valence-electron chi connectivity index (χ1n) is 9.14. The summed E-state index contributed by atoms with van der Waals surface area (Å²) in [5.74, 6) is -2.40. The molecule has 1 aromatic carbocycles. The van der Waals surface area contributed by atoms with Crippen LogP contribution >= 0.6 is 0 Å². The Kier molecular flexibility index (Phi) is 5.65. The van der Waals surface area contributed by atoms with E-state index in [1.54, 1.807) is 12.1 Å². The lowest BCUT2D eigenvalue weighted by atomic mass is 10.1. The number of nitro groups is 1. The molecule has 4 rings (SSSR count). The molecule has 0 fully saturated rings. The third kappa shape index (κ3) is 4.94. The summed E-state index contributed by atoms with van der Waals surface area (Å²) >= 11 is 0. The highest BCUT2D eigenvalue weighted by Crippen LogP contribution is 2.29. The predicted octanol–water partition coefficient (Wildman–Crippen LogP) is 3.87. The highest BCUT2D eigenvalue weighted by atomic mass is 19.4. The van der Waals surface area contributed by atoms with Crippen LogP contribution in [0.1, 0.15) is 5.56 Å². The van der Waals surface area contributed by atoms with Gasteiger partial charge in [0.05, 0.1) is 18.8 Å². The normalized spacial score (nSPS) is 15.7. The van der Waals surface area contributed by atoms with Crippen LogP contribution in [0.2, 0.25) is 0 Å². The van der Waals surface area contributed by atoms with Crippen molar-refractivity contribution in [1.29, 1.82) is 0 Å². The number of ether oxygens (including phenoxy) is 3. The van der Waals surface area contributed by atoms with Gasteiger partial charge in [-0.25, -0.2) is 4.39 Å². The van der Waals surface area contributed by atoms with Crippen molar-refractivity contribution in [2.24, 2.45) is 0 Å². The van der Waals surface area contributed by atoms with Crippen LogP contribution in [-0.2, 0) is 17.9 Å². The number of benzene rings is 1. The van der Waals surface area contributed by atoms with Gasteiger partial charge in [0.2, 0.25) is 0 Å². The van der Waals surface area contributed by atoms with Crippen molar-refractivity contribution < 1.29 is 36.7 Å². The summed E-state index contributed by atoms with van der Waals surface area (Å²) in [6.45, 7) is 0.665. The summed E-state index contributed by atoms with van der Waals surface area (Å²) in [5, 5.41) is 10.8. The molecule has 0 unspecified atom stereocenters. The molecule has 0 spiro atoms. The lowest BCUT2D eigenvalue weighted by molar-refractivity contribution is -0.389. The number of alkyl halides is 3. The number of halogens is 4. The number of hydrogen-bond acceptors (Lipinski definition) is 7. The minimum absolute atomic E-state index is 0.154. The molecular formula is C19H14F4N4O5. The first-order chi connectivity index (χ1) is 15.2. The third-order valence-corrected chi connectivity index (χ3v) is 4.48. The standard InChI is InChI=1S/C19H14F4N4O5/c20-14-5-12(2-4-16(14)32-19(21,22)23)15-3-1-11(6-24-15)9-30-13-7-26-8-17(27(28)29)25-18(26)31-10-13/h1-6,8,13H,7,9-10H2/t13-/m1/s1. The highest BCUT2D eigenvalue weighted by Gasteiger charge is 2.32. The topological polar surface area (TPSA) is 102 Å². The maximum atomic E-state index is 13.9. The Hall–Kier alpha value is -3.74. The number of hydrogen-bond donors (Lipinski definition) is 0. The van der Waals surface area contributed by atoms with Gasteiger partial charge in [0.15, 0.2) is 11.6 Å². The molecule has 2 aromatic heterocycles. The first-order valence-corrected chi connectivity index (χ1v) is 9.14. The van der Waals surface area contributed by atoms with Crippen molar-refractivity contribution in [2.75, 3.05) is 6.61 Å². The van der Waals surface area contributed by atoms with Gasteiger partial charge < -0.3 is 24.3 Å². The lowest BCUT2D eigenvalue weighted by Gasteiger charge is -2.22. The molecule has 13 heteroatoms. The fourth-order valence-electron chi connectivity index (χ4n) is 3.02. The quantitative estimate of drug-likeness (QED) is 0.317. The van der Waals surface area contributed by atoms with Crippen LogP contribution in [0.5, 0.6) is 11.8 Å². The fourth-order valence-corrected chi connectivity index (χ4v) is 3.02. The molecule has 0 aliphatic carbocycles. The number of pyridine rings is 1. The van der Waals surface area contributed by atoms with E-state index in [9.17, 15) is 27.7 Å². The number of nitrogens with zero attached hydrogens (tertiary/aromatic N) is 4. The monoisotopic (exact) mass is 454 g/mol. The summed E-state index contributed by atoms with van der Waals surface area (Å²) in [4.78, 5) is 18.1. The van der Waals surface area contributed by atoms with Crippen LogP contribution in [0, 0.1) is 15.9 Å². The summed E-state index contributed by atoms with van der Waals surface area (Å²) < 4.78 is 66.9. The Morgan fingerprint density at radius 1 is 1.28 bits per heavy atom. The van der Waals surface area contributed by atoms with Gasteiger partial charge in [-0.15, -0.1) is 13.2 Å². The molecule has 0 amide bonds. The van der Waals surface area contributed by atoms with E-state index in [1.165, 1.54) is 23.0 Å². The second kappa shape index (κ2) is 8.42. The highest BCUT2D eigenvalue weighted by molar-refractivity contribution is 5.60. The van der Waals surface area contributed by atoms with E-state index >= 15 is 0 Å². The molecule has 168 valence electrons. The third-order valence-electron chi connectivity index (χ3n) is 4.48. The van der Waals surface area contributed by atoms with E-state index in [0.717, 1.165) is 12.1 Å². The summed E-state index contributed by atoms with van der Waals surface area (Å²) in [6, 6.07) is 6.46. The van der Waals surface area contributed by atoms with E-state index in [0.29, 0.717) is 17.8 Å². The summed E-state index contributed by atoms with van der Waals surface area (Å²) in [5.41, 5.74) is 1.32. The Labute approximate surface area is 177 Å². The molecule has 0 bridgehead atoms. The Morgan fingerprint density at radius 2 is 2.09 bits per heavy atom. The van der Waals surface area contributed by atoms with Gasteiger partial charge in [-0.2, -0.15) is 0 Å². The van der Waals surface area contributed by atoms with Gasteiger partial charge in [0, 0.05) is 16.7 Å². The van der Waals surface area contributed by atoms with E-state index in [1.807, 2.05) is 0 Å². The van der Waals surface area contributed by atoms with Crippen LogP contribution in [0.3, 0.4) is 0 Å². The molecule has 0 saturated carbocycles. The molecule has 3 aromatic rings. The molecule has 9 nitrogen and oxygen atoms in total. The predicted molar refractivity (Wildman–Crippen MR) is 99.3 cm³/mol. The average Bonchev–Trinajstić information content (AvgIpc) is 3.17. The maximum absolute atomic E-state index is 13.9. The summed E-state index contributed by atoms with van der Waals surface area (Å²) in [7, 11) is 0. The van der Waals surface area contributed by atoms with Gasteiger partial charge in [0.1, 0.15) is 18.9 Å². The molecule has 1 aliphatic heterocycles. The van der Waals surface area contributed by atoms with E-state index < -0.39 is 22.9 Å². The zero-order valence-corrected chi connectivity index (χ0v) is 16.1. The second-order valence-electron chi connectivity index (χ2n) is 6.78. The van der Waals surface area contributed by atoms with Crippen LogP contribution in [0.25, 0.3) is 11.3 Å². The summed E-state index contributed by atoms with van der Waals surface area (Å²) in [6.07, 6.45) is -2.60. The van der Waals surface area contributed by atoms with Gasteiger partial charge in [0.25, 0.3) is 0 Å². The number of rotatable bonds is 6. The smallest absolute Gasteiger partial charge is 0.443 e. The molecule has 0 saturated heterocycles. The molecule has 32 heavy (non-hydrogen) atoms. The Bertz CT molecular complexity index is 1130. The minimum atomic E-state index is -4.99. The average molecular weight is 454 g/mol. The van der Waals surface area contributed by atoms with Crippen molar-refractivity contribution in [3.8, 4) is 23.0 Å². The number of imidazole rings is 1. The molecule has 0 radical (unpaired) electrons. The van der Waals surface area contributed by atoms with Crippen molar-refractivity contribution in [2.45, 2.75) is 25.6 Å². The molecule has 3 heterocycles. The van der Waals surface area contributed by atoms with Crippen molar-refractivity contribution in [3.05, 3.63) is 64.2 Å². The largest absolute Gasteiger partial charge is 0.573 e. The Balaban J connectivity index is 1.36. The number of fused-ring (bicyclic) bond motifs is 1. The maximum Gasteiger partial charge on any atom is 0.573 e. The van der Waals surface area contributed by atoms with Crippen molar-refractivity contribution in [3.63, 3.8) is 0 Å². The van der Waals surface area contributed by atoms with Crippen molar-refractivity contribution in [1.82, 2.24) is 14.5 Å². The second-order valence-corrected chi connectivity index (χ2v) is 6.78. The number of aromatic nitrogens is 3. The SMILES string of the molecule is O=[N+]([O-])c1cn2c(n1)OC[C@H](OCc1ccc(-c3ccc(OC(F)(F)F)c(F)c3)nc1)C2. The van der Waals surface area contributed by atoms with Gasteiger partial charge >= 0.3 is 18.2 Å². The van der Waals surface area contributed by atoms with Crippen LogP contribution in [0.4, 0.5) is 23.4 Å². The molecule has 1 atom stereocenters. The lowest BCUT2D eigenvalue weighted by Crippen LogP contribution is -2.32. The van der Waals surface area contributed by atoms with E-state index in [4.69, 9.17) is 9.47 Å². The van der Waals surface area contributed by atoms with Crippen LogP contribution in [-0.4, -0.2) is 38.5 Å². The van der Waals surface area contributed by atoms with Crippen LogP contribution < -0.4 is 9.47 Å². The van der Waals surface area contributed by atoms with Gasteiger partial charge in [-0.05, 0) is 34.8 Å². The van der Waals surface area contributed by atoms with Crippen molar-refractivity contribution >= 4 is 5.82 Å².